The second-order valence-electron chi connectivity index (χ2n) is 3.58. The Morgan fingerprint density at radius 2 is 1.19 bits per heavy atom. The molecule has 84 valence electrons. The van der Waals surface area contributed by atoms with E-state index in [0.29, 0.717) is 0 Å². The first kappa shape index (κ1) is 13.0. The highest BCUT2D eigenvalue weighted by Crippen LogP contribution is 2.20. The Balaban J connectivity index is 0.000000386. The first-order valence-electron chi connectivity index (χ1n) is 5.59. The van der Waals surface area contributed by atoms with E-state index in [9.17, 15) is 0 Å². The minimum Gasteiger partial charge on any atom is -0.0656 e. The van der Waals surface area contributed by atoms with Crippen molar-refractivity contribution in [1.29, 1.82) is 0 Å². The highest BCUT2D eigenvalue weighted by molar-refractivity contribution is 9.10. The fourth-order valence-corrected chi connectivity index (χ4v) is 1.54. The van der Waals surface area contributed by atoms with Crippen LogP contribution in [0, 0.1) is 0 Å². The van der Waals surface area contributed by atoms with E-state index in [4.69, 9.17) is 0 Å². The summed E-state index contributed by atoms with van der Waals surface area (Å²) >= 11 is 3.42. The van der Waals surface area contributed by atoms with Gasteiger partial charge in [0, 0.05) is 4.47 Å². The molecule has 0 amide bonds. The van der Waals surface area contributed by atoms with Crippen molar-refractivity contribution in [3.63, 3.8) is 0 Å². The molecule has 0 atom stereocenters. The van der Waals surface area contributed by atoms with Gasteiger partial charge in [-0.3, -0.25) is 0 Å². The van der Waals surface area contributed by atoms with Crippen molar-refractivity contribution in [3.8, 4) is 11.1 Å². The second kappa shape index (κ2) is 7.24. The molecule has 1 heteroatoms. The summed E-state index contributed by atoms with van der Waals surface area (Å²) in [4.78, 5) is 0. The third kappa shape index (κ3) is 4.19. The van der Waals surface area contributed by atoms with Gasteiger partial charge in [0.05, 0.1) is 0 Å². The summed E-state index contributed by atoms with van der Waals surface area (Å²) in [6.07, 6.45) is 1.25. The van der Waals surface area contributed by atoms with E-state index in [-0.39, 0.29) is 0 Å². The standard InChI is InChI=1S/C12H9Br.C3H8/c13-12-8-6-11(7-9-12)10-4-2-1-3-5-10;1-3-2/h1-9H;3H2,1-2H3. The smallest absolute Gasteiger partial charge is 0.0175 e. The lowest BCUT2D eigenvalue weighted by molar-refractivity contribution is 1.09. The minimum absolute atomic E-state index is 1.12. The van der Waals surface area contributed by atoms with Crippen LogP contribution < -0.4 is 0 Å². The Morgan fingerprint density at radius 1 is 0.750 bits per heavy atom. The zero-order chi connectivity index (χ0) is 11.8. The Morgan fingerprint density at radius 3 is 1.69 bits per heavy atom. The Kier molecular flexibility index (Phi) is 5.87. The molecule has 0 bridgehead atoms. The van der Waals surface area contributed by atoms with Gasteiger partial charge in [-0.05, 0) is 23.3 Å². The molecular weight excluding hydrogens is 260 g/mol. The molecule has 0 heterocycles. The number of halogens is 1. The lowest BCUT2D eigenvalue weighted by Crippen LogP contribution is -1.75. The summed E-state index contributed by atoms with van der Waals surface area (Å²) in [5.74, 6) is 0. The fraction of sp³-hybridized carbons (Fsp3) is 0.200. The molecule has 0 saturated heterocycles. The van der Waals surface area contributed by atoms with Crippen LogP contribution >= 0.6 is 15.9 Å². The van der Waals surface area contributed by atoms with Crippen LogP contribution in [0.15, 0.2) is 59.1 Å². The third-order valence-electron chi connectivity index (χ3n) is 1.95. The Labute approximate surface area is 106 Å². The summed E-state index contributed by atoms with van der Waals surface area (Å²) < 4.78 is 1.12. The lowest BCUT2D eigenvalue weighted by atomic mass is 10.1. The van der Waals surface area contributed by atoms with Crippen LogP contribution in [0.2, 0.25) is 0 Å². The third-order valence-corrected chi connectivity index (χ3v) is 2.48. The number of hydrogen-bond donors (Lipinski definition) is 0. The van der Waals surface area contributed by atoms with Crippen LogP contribution in [0.25, 0.3) is 11.1 Å². The van der Waals surface area contributed by atoms with Crippen molar-refractivity contribution in [1.82, 2.24) is 0 Å². The largest absolute Gasteiger partial charge is 0.0656 e. The van der Waals surface area contributed by atoms with Crippen LogP contribution in [0.4, 0.5) is 0 Å². The van der Waals surface area contributed by atoms with Crippen molar-refractivity contribution >= 4 is 15.9 Å². The number of hydrogen-bond acceptors (Lipinski definition) is 0. The van der Waals surface area contributed by atoms with Crippen molar-refractivity contribution in [3.05, 3.63) is 59.1 Å². The summed E-state index contributed by atoms with van der Waals surface area (Å²) in [5.41, 5.74) is 2.51. The van der Waals surface area contributed by atoms with Crippen molar-refractivity contribution in [2.75, 3.05) is 0 Å². The van der Waals surface area contributed by atoms with E-state index in [2.05, 4.69) is 78.3 Å². The molecule has 0 fully saturated rings. The molecule has 0 aliphatic heterocycles. The van der Waals surface area contributed by atoms with E-state index < -0.39 is 0 Å². The maximum absolute atomic E-state index is 3.42. The van der Waals surface area contributed by atoms with Gasteiger partial charge in [0.2, 0.25) is 0 Å². The van der Waals surface area contributed by atoms with E-state index in [1.165, 1.54) is 17.5 Å². The van der Waals surface area contributed by atoms with Crippen LogP contribution in [0.3, 0.4) is 0 Å². The summed E-state index contributed by atoms with van der Waals surface area (Å²) in [5, 5.41) is 0. The topological polar surface area (TPSA) is 0 Å². The zero-order valence-electron chi connectivity index (χ0n) is 9.78. The van der Waals surface area contributed by atoms with Gasteiger partial charge < -0.3 is 0 Å². The van der Waals surface area contributed by atoms with Crippen LogP contribution in [-0.4, -0.2) is 0 Å². The molecule has 0 unspecified atom stereocenters. The molecule has 0 spiro atoms. The van der Waals surface area contributed by atoms with Gasteiger partial charge in [0.1, 0.15) is 0 Å². The number of rotatable bonds is 1. The quantitative estimate of drug-likeness (QED) is 0.642. The molecule has 2 aromatic carbocycles. The molecule has 16 heavy (non-hydrogen) atoms. The summed E-state index contributed by atoms with van der Waals surface area (Å²) in [7, 11) is 0. The lowest BCUT2D eigenvalue weighted by Gasteiger charge is -2.00. The predicted molar refractivity (Wildman–Crippen MR) is 75.5 cm³/mol. The molecule has 0 aliphatic carbocycles. The SMILES string of the molecule is Brc1ccc(-c2ccccc2)cc1.CCC. The second-order valence-corrected chi connectivity index (χ2v) is 4.50. The molecule has 2 aromatic rings. The van der Waals surface area contributed by atoms with Crippen LogP contribution in [0.1, 0.15) is 20.3 Å². The van der Waals surface area contributed by atoms with E-state index in [0.717, 1.165) is 4.47 Å². The zero-order valence-corrected chi connectivity index (χ0v) is 11.4. The van der Waals surface area contributed by atoms with Gasteiger partial charge >= 0.3 is 0 Å². The average Bonchev–Trinajstić information content (AvgIpc) is 2.32. The monoisotopic (exact) mass is 276 g/mol. The van der Waals surface area contributed by atoms with Gasteiger partial charge in [0.15, 0.2) is 0 Å². The van der Waals surface area contributed by atoms with Gasteiger partial charge in [-0.2, -0.15) is 0 Å². The van der Waals surface area contributed by atoms with Gasteiger partial charge in [-0.15, -0.1) is 0 Å². The van der Waals surface area contributed by atoms with Crippen molar-refractivity contribution in [2.45, 2.75) is 20.3 Å². The van der Waals surface area contributed by atoms with Crippen molar-refractivity contribution in [2.24, 2.45) is 0 Å². The highest BCUT2D eigenvalue weighted by atomic mass is 79.9. The van der Waals surface area contributed by atoms with Gasteiger partial charge in [-0.25, -0.2) is 0 Å². The molecule has 0 saturated carbocycles. The molecular formula is C15H17Br. The van der Waals surface area contributed by atoms with Crippen LogP contribution in [0.5, 0.6) is 0 Å². The molecule has 0 nitrogen and oxygen atoms in total. The Hall–Kier alpha value is -1.08. The average molecular weight is 277 g/mol. The van der Waals surface area contributed by atoms with E-state index in [1.807, 2.05) is 6.07 Å². The first-order valence-corrected chi connectivity index (χ1v) is 6.38. The molecule has 0 aliphatic rings. The van der Waals surface area contributed by atoms with Gasteiger partial charge in [-0.1, -0.05) is 78.7 Å². The number of benzene rings is 2. The minimum atomic E-state index is 1.12. The van der Waals surface area contributed by atoms with Crippen molar-refractivity contribution < 1.29 is 0 Å². The summed E-state index contributed by atoms with van der Waals surface area (Å²) in [6.45, 7) is 4.25. The predicted octanol–water partition coefficient (Wildman–Crippen LogP) is 5.53. The Bertz CT molecular complexity index is 390. The molecule has 0 aromatic heterocycles. The van der Waals surface area contributed by atoms with Gasteiger partial charge in [0.25, 0.3) is 0 Å². The fourth-order valence-electron chi connectivity index (χ4n) is 1.27. The maximum atomic E-state index is 3.42. The first-order chi connectivity index (χ1) is 7.77. The maximum Gasteiger partial charge on any atom is 0.0175 e. The molecule has 2 rings (SSSR count). The van der Waals surface area contributed by atoms with E-state index >= 15 is 0 Å². The highest BCUT2D eigenvalue weighted by Gasteiger charge is 1.94. The van der Waals surface area contributed by atoms with Crippen LogP contribution in [-0.2, 0) is 0 Å². The molecule has 0 radical (unpaired) electrons. The normalized spacial score (nSPS) is 9.19. The molecule has 0 N–H and O–H groups in total. The summed E-state index contributed by atoms with van der Waals surface area (Å²) in [6, 6.07) is 18.7. The van der Waals surface area contributed by atoms with E-state index in [1.54, 1.807) is 0 Å².